The quantitative estimate of drug-likeness (QED) is 0.570. The Morgan fingerprint density at radius 1 is 1.27 bits per heavy atom. The molecule has 0 atom stereocenters. The SMILES string of the molecule is COC(=O)c1cc(CO)ccc1Nc1c(C2CCOCC2)cnc2ccc(Cl)cc12. The molecule has 3 aromatic rings. The van der Waals surface area contributed by atoms with Gasteiger partial charge in [0.05, 0.1) is 36.2 Å². The number of hydrogen-bond donors (Lipinski definition) is 2. The number of aliphatic hydroxyl groups excluding tert-OH is 1. The number of pyridine rings is 1. The summed E-state index contributed by atoms with van der Waals surface area (Å²) in [4.78, 5) is 17.0. The maximum atomic E-state index is 12.4. The van der Waals surface area contributed by atoms with E-state index >= 15 is 0 Å². The molecule has 0 bridgehead atoms. The molecule has 2 aromatic carbocycles. The number of fused-ring (bicyclic) bond motifs is 1. The Bertz CT molecular complexity index is 1080. The van der Waals surface area contributed by atoms with Crippen LogP contribution in [0.25, 0.3) is 10.9 Å². The van der Waals surface area contributed by atoms with E-state index in [2.05, 4.69) is 10.3 Å². The van der Waals surface area contributed by atoms with E-state index in [1.165, 1.54) is 7.11 Å². The van der Waals surface area contributed by atoms with Gasteiger partial charge in [0.1, 0.15) is 0 Å². The number of hydrogen-bond acceptors (Lipinski definition) is 6. The Morgan fingerprint density at radius 2 is 2.07 bits per heavy atom. The highest BCUT2D eigenvalue weighted by atomic mass is 35.5. The van der Waals surface area contributed by atoms with Crippen molar-refractivity contribution in [2.45, 2.75) is 25.4 Å². The van der Waals surface area contributed by atoms with Crippen LogP contribution in [0.5, 0.6) is 0 Å². The van der Waals surface area contributed by atoms with Crippen LogP contribution in [-0.4, -0.2) is 36.4 Å². The van der Waals surface area contributed by atoms with Crippen molar-refractivity contribution in [2.24, 2.45) is 0 Å². The summed E-state index contributed by atoms with van der Waals surface area (Å²) in [5.41, 5.74) is 4.33. The van der Waals surface area contributed by atoms with Gasteiger partial charge in [-0.2, -0.15) is 0 Å². The van der Waals surface area contributed by atoms with Crippen LogP contribution >= 0.6 is 11.6 Å². The van der Waals surface area contributed by atoms with E-state index in [0.717, 1.165) is 35.0 Å². The Hall–Kier alpha value is -2.67. The average molecular weight is 427 g/mol. The monoisotopic (exact) mass is 426 g/mol. The van der Waals surface area contributed by atoms with E-state index in [1.54, 1.807) is 18.2 Å². The summed E-state index contributed by atoms with van der Waals surface area (Å²) in [6.07, 6.45) is 3.69. The summed E-state index contributed by atoms with van der Waals surface area (Å²) in [6, 6.07) is 10.8. The molecule has 1 aliphatic rings. The Labute approximate surface area is 179 Å². The summed E-state index contributed by atoms with van der Waals surface area (Å²) in [6.45, 7) is 1.25. The van der Waals surface area contributed by atoms with Gasteiger partial charge < -0.3 is 19.9 Å². The summed E-state index contributed by atoms with van der Waals surface area (Å²) in [5.74, 6) is -0.188. The average Bonchev–Trinajstić information content (AvgIpc) is 2.79. The molecule has 1 aliphatic heterocycles. The number of anilines is 2. The number of esters is 1. The van der Waals surface area contributed by atoms with Crippen LogP contribution < -0.4 is 5.32 Å². The van der Waals surface area contributed by atoms with Crippen molar-refractivity contribution in [3.8, 4) is 0 Å². The molecule has 0 aliphatic carbocycles. The van der Waals surface area contributed by atoms with Crippen LogP contribution in [0.2, 0.25) is 5.02 Å². The molecular weight excluding hydrogens is 404 g/mol. The second kappa shape index (κ2) is 9.00. The van der Waals surface area contributed by atoms with Crippen molar-refractivity contribution in [3.05, 3.63) is 64.3 Å². The predicted octanol–water partition coefficient (Wildman–Crippen LogP) is 4.80. The number of aliphatic hydroxyl groups is 1. The third-order valence-electron chi connectivity index (χ3n) is 5.45. The number of nitrogens with zero attached hydrogens (tertiary/aromatic N) is 1. The number of carbonyl (C=O) groups excluding carboxylic acids is 1. The minimum Gasteiger partial charge on any atom is -0.465 e. The number of methoxy groups -OCH3 is 1. The summed E-state index contributed by atoms with van der Waals surface area (Å²) < 4.78 is 10.5. The van der Waals surface area contributed by atoms with Crippen LogP contribution in [0.15, 0.2) is 42.6 Å². The Morgan fingerprint density at radius 3 is 2.80 bits per heavy atom. The second-order valence-electron chi connectivity index (χ2n) is 7.29. The van der Waals surface area contributed by atoms with E-state index < -0.39 is 5.97 Å². The van der Waals surface area contributed by atoms with Gasteiger partial charge in [0.15, 0.2) is 0 Å². The highest BCUT2D eigenvalue weighted by Crippen LogP contribution is 2.39. The molecule has 2 heterocycles. The maximum Gasteiger partial charge on any atom is 0.339 e. The molecule has 0 radical (unpaired) electrons. The smallest absolute Gasteiger partial charge is 0.339 e. The van der Waals surface area contributed by atoms with Crippen molar-refractivity contribution in [2.75, 3.05) is 25.6 Å². The standard InChI is InChI=1S/C23H23ClN2O4/c1-29-23(28)18-10-14(13-27)2-4-21(18)26-22-17-11-16(24)3-5-20(17)25-12-19(22)15-6-8-30-9-7-15/h2-5,10-12,15,27H,6-9,13H2,1H3,(H,25,26). The fourth-order valence-electron chi connectivity index (χ4n) is 3.85. The zero-order valence-electron chi connectivity index (χ0n) is 16.7. The Balaban J connectivity index is 1.87. The number of aromatic nitrogens is 1. The molecule has 7 heteroatoms. The van der Waals surface area contributed by atoms with E-state index in [4.69, 9.17) is 21.1 Å². The topological polar surface area (TPSA) is 80.7 Å². The fourth-order valence-corrected chi connectivity index (χ4v) is 4.02. The molecule has 1 saturated heterocycles. The van der Waals surface area contributed by atoms with Gasteiger partial charge in [-0.1, -0.05) is 17.7 Å². The van der Waals surface area contributed by atoms with Gasteiger partial charge in [-0.05, 0) is 60.2 Å². The number of carbonyl (C=O) groups is 1. The lowest BCUT2D eigenvalue weighted by atomic mass is 9.90. The van der Waals surface area contributed by atoms with Crippen LogP contribution in [0.4, 0.5) is 11.4 Å². The molecule has 156 valence electrons. The summed E-state index contributed by atoms with van der Waals surface area (Å²) in [5, 5.41) is 14.4. The van der Waals surface area contributed by atoms with Gasteiger partial charge in [0.2, 0.25) is 0 Å². The zero-order chi connectivity index (χ0) is 21.1. The largest absolute Gasteiger partial charge is 0.465 e. The summed E-state index contributed by atoms with van der Waals surface area (Å²) in [7, 11) is 1.34. The first-order valence-electron chi connectivity index (χ1n) is 9.85. The van der Waals surface area contributed by atoms with Crippen molar-refractivity contribution in [1.29, 1.82) is 0 Å². The molecule has 0 unspecified atom stereocenters. The third-order valence-corrected chi connectivity index (χ3v) is 5.69. The highest BCUT2D eigenvalue weighted by Gasteiger charge is 2.23. The number of halogens is 1. The van der Waals surface area contributed by atoms with Gasteiger partial charge >= 0.3 is 5.97 Å². The number of rotatable bonds is 5. The van der Waals surface area contributed by atoms with Crippen molar-refractivity contribution in [1.82, 2.24) is 4.98 Å². The summed E-state index contributed by atoms with van der Waals surface area (Å²) >= 11 is 6.30. The van der Waals surface area contributed by atoms with Gasteiger partial charge in [0, 0.05) is 29.8 Å². The molecule has 0 saturated carbocycles. The zero-order valence-corrected chi connectivity index (χ0v) is 17.4. The first-order chi connectivity index (χ1) is 14.6. The van der Waals surface area contributed by atoms with Crippen molar-refractivity contribution in [3.63, 3.8) is 0 Å². The van der Waals surface area contributed by atoms with Crippen molar-refractivity contribution >= 4 is 39.8 Å². The van der Waals surface area contributed by atoms with Crippen molar-refractivity contribution < 1.29 is 19.4 Å². The Kier molecular flexibility index (Phi) is 6.18. The molecule has 0 amide bonds. The number of nitrogens with one attached hydrogen (secondary N) is 1. The van der Waals surface area contributed by atoms with E-state index in [9.17, 15) is 9.90 Å². The van der Waals surface area contributed by atoms with Crippen LogP contribution in [0.3, 0.4) is 0 Å². The highest BCUT2D eigenvalue weighted by molar-refractivity contribution is 6.31. The lowest BCUT2D eigenvalue weighted by molar-refractivity contribution is 0.0601. The predicted molar refractivity (Wildman–Crippen MR) is 117 cm³/mol. The minimum absolute atomic E-state index is 0.161. The van der Waals surface area contributed by atoms with E-state index in [-0.39, 0.29) is 12.5 Å². The van der Waals surface area contributed by atoms with Gasteiger partial charge in [-0.3, -0.25) is 4.98 Å². The van der Waals surface area contributed by atoms with Crippen LogP contribution in [0, 0.1) is 0 Å². The minimum atomic E-state index is -0.475. The molecular formula is C23H23ClN2O4. The second-order valence-corrected chi connectivity index (χ2v) is 7.73. The molecule has 0 spiro atoms. The lowest BCUT2D eigenvalue weighted by Crippen LogP contribution is -2.16. The van der Waals surface area contributed by atoms with Gasteiger partial charge in [0.25, 0.3) is 0 Å². The van der Waals surface area contributed by atoms with Crippen LogP contribution in [0.1, 0.15) is 40.2 Å². The normalized spacial score (nSPS) is 14.6. The maximum absolute atomic E-state index is 12.4. The third kappa shape index (κ3) is 4.12. The lowest BCUT2D eigenvalue weighted by Gasteiger charge is -2.26. The van der Waals surface area contributed by atoms with Gasteiger partial charge in [-0.25, -0.2) is 4.79 Å². The van der Waals surface area contributed by atoms with E-state index in [1.807, 2.05) is 24.4 Å². The molecule has 2 N–H and O–H groups in total. The molecule has 1 fully saturated rings. The molecule has 6 nitrogen and oxygen atoms in total. The first kappa shape index (κ1) is 20.6. The first-order valence-corrected chi connectivity index (χ1v) is 10.2. The molecule has 1 aromatic heterocycles. The fraction of sp³-hybridized carbons (Fsp3) is 0.304. The van der Waals surface area contributed by atoms with Crippen LogP contribution in [-0.2, 0) is 16.1 Å². The molecule has 30 heavy (non-hydrogen) atoms. The van der Waals surface area contributed by atoms with E-state index in [0.29, 0.717) is 35.1 Å². The van der Waals surface area contributed by atoms with Gasteiger partial charge in [-0.15, -0.1) is 0 Å². The number of ether oxygens (including phenoxy) is 2. The number of benzene rings is 2. The molecule has 4 rings (SSSR count).